The molecule has 0 saturated carbocycles. The van der Waals surface area contributed by atoms with Crippen LogP contribution in [0.3, 0.4) is 0 Å². The maximum atomic E-state index is 13.1. The fourth-order valence-electron chi connectivity index (χ4n) is 6.63. The number of carbonyl (C=O) groups excluding carboxylic acids is 1. The zero-order valence-corrected chi connectivity index (χ0v) is 27.8. The molecule has 12 nitrogen and oxygen atoms in total. The van der Waals surface area contributed by atoms with Gasteiger partial charge in [-0.3, -0.25) is 4.79 Å². The summed E-state index contributed by atoms with van der Waals surface area (Å²) in [5, 5.41) is 11.6. The second kappa shape index (κ2) is 16.6. The second-order valence-electron chi connectivity index (χ2n) is 12.4. The van der Waals surface area contributed by atoms with Gasteiger partial charge in [0.1, 0.15) is 36.6 Å². The summed E-state index contributed by atoms with van der Waals surface area (Å²) in [6.45, 7) is 2.48. The predicted octanol–water partition coefficient (Wildman–Crippen LogP) is 3.25. The standard InChI is InChI=1S/C37H45NO11/c1-22-30(43-19-23-13-7-4-8-14-23)32(44-20-24-15-9-5-10-16-24)27(28(38)34(40)41-2)36(46-22)49-33-29(39)37(42-3)47-26-21-45-35(48-31(26)33)25-17-11-6-12-18-25/h4-18,22,26-33,35-37,39H,19-21,38H2,1-3H3/t22-,26+,27-,28-,29+,30-,31+,32-,33+,35?,36+,37-/m0/s1. The predicted molar refractivity (Wildman–Crippen MR) is 174 cm³/mol. The molecule has 264 valence electrons. The summed E-state index contributed by atoms with van der Waals surface area (Å²) in [5.41, 5.74) is 9.32. The van der Waals surface area contributed by atoms with E-state index in [0.717, 1.165) is 16.7 Å². The summed E-state index contributed by atoms with van der Waals surface area (Å²) in [6, 6.07) is 27.6. The number of aliphatic hydroxyl groups excluding tert-OH is 1. The van der Waals surface area contributed by atoms with E-state index in [2.05, 4.69) is 0 Å². The molecular weight excluding hydrogens is 634 g/mol. The van der Waals surface area contributed by atoms with E-state index < -0.39 is 79.5 Å². The van der Waals surface area contributed by atoms with Crippen molar-refractivity contribution in [2.45, 2.75) is 87.8 Å². The molecule has 0 aliphatic carbocycles. The zero-order chi connectivity index (χ0) is 34.3. The lowest BCUT2D eigenvalue weighted by molar-refractivity contribution is -0.389. The number of ether oxygens (including phenoxy) is 9. The Balaban J connectivity index is 1.32. The largest absolute Gasteiger partial charge is 0.468 e. The summed E-state index contributed by atoms with van der Waals surface area (Å²) in [6.07, 6.45) is -8.79. The molecule has 49 heavy (non-hydrogen) atoms. The number of aliphatic hydroxyl groups is 1. The van der Waals surface area contributed by atoms with Crippen LogP contribution in [0, 0.1) is 5.92 Å². The lowest BCUT2D eigenvalue weighted by Gasteiger charge is -2.51. The number of esters is 1. The molecule has 1 unspecified atom stereocenters. The molecule has 0 radical (unpaired) electrons. The number of carbonyl (C=O) groups is 1. The van der Waals surface area contributed by atoms with Gasteiger partial charge in [-0.15, -0.1) is 0 Å². The van der Waals surface area contributed by atoms with Gasteiger partial charge in [-0.2, -0.15) is 0 Å². The Kier molecular flexibility index (Phi) is 12.1. The first-order valence-corrected chi connectivity index (χ1v) is 16.5. The molecule has 3 N–H and O–H groups in total. The topological polar surface area (TPSA) is 146 Å². The molecule has 3 fully saturated rings. The van der Waals surface area contributed by atoms with Crippen LogP contribution in [0.1, 0.15) is 29.9 Å². The summed E-state index contributed by atoms with van der Waals surface area (Å²) >= 11 is 0. The fraction of sp³-hybridized carbons (Fsp3) is 0.486. The van der Waals surface area contributed by atoms with Crippen LogP contribution >= 0.6 is 0 Å². The van der Waals surface area contributed by atoms with Crippen LogP contribution in [0.15, 0.2) is 91.0 Å². The third-order valence-corrected chi connectivity index (χ3v) is 9.19. The number of benzene rings is 3. The average Bonchev–Trinajstić information content (AvgIpc) is 3.14. The fourth-order valence-corrected chi connectivity index (χ4v) is 6.63. The number of hydrogen-bond acceptors (Lipinski definition) is 12. The van der Waals surface area contributed by atoms with Crippen LogP contribution in [0.5, 0.6) is 0 Å². The van der Waals surface area contributed by atoms with Crippen LogP contribution in [0.4, 0.5) is 0 Å². The van der Waals surface area contributed by atoms with Crippen molar-refractivity contribution in [3.8, 4) is 0 Å². The minimum Gasteiger partial charge on any atom is -0.468 e. The molecule has 12 heteroatoms. The van der Waals surface area contributed by atoms with Crippen molar-refractivity contribution in [1.82, 2.24) is 0 Å². The smallest absolute Gasteiger partial charge is 0.323 e. The highest BCUT2D eigenvalue weighted by molar-refractivity contribution is 5.76. The minimum absolute atomic E-state index is 0.155. The molecule has 3 saturated heterocycles. The Bertz CT molecular complexity index is 1450. The Labute approximate surface area is 286 Å². The maximum absolute atomic E-state index is 13.1. The number of rotatable bonds is 12. The molecule has 0 spiro atoms. The van der Waals surface area contributed by atoms with E-state index >= 15 is 0 Å². The van der Waals surface area contributed by atoms with E-state index in [1.807, 2.05) is 97.9 Å². The van der Waals surface area contributed by atoms with Gasteiger partial charge in [-0.05, 0) is 18.1 Å². The van der Waals surface area contributed by atoms with Gasteiger partial charge in [0, 0.05) is 12.7 Å². The third kappa shape index (κ3) is 8.21. The van der Waals surface area contributed by atoms with Crippen molar-refractivity contribution in [2.75, 3.05) is 20.8 Å². The molecule has 3 aromatic carbocycles. The minimum atomic E-state index is -1.30. The van der Waals surface area contributed by atoms with Crippen LogP contribution in [0.2, 0.25) is 0 Å². The van der Waals surface area contributed by atoms with Crippen molar-refractivity contribution < 1.29 is 52.5 Å². The Morgan fingerprint density at radius 3 is 2.00 bits per heavy atom. The van der Waals surface area contributed by atoms with E-state index in [0.29, 0.717) is 0 Å². The van der Waals surface area contributed by atoms with Crippen molar-refractivity contribution in [2.24, 2.45) is 11.7 Å². The molecular formula is C37H45NO11. The summed E-state index contributed by atoms with van der Waals surface area (Å²) in [5.74, 6) is -1.62. The molecule has 3 aliphatic heterocycles. The Morgan fingerprint density at radius 2 is 1.41 bits per heavy atom. The molecule has 3 aliphatic rings. The second-order valence-corrected chi connectivity index (χ2v) is 12.4. The lowest BCUT2D eigenvalue weighted by Crippen LogP contribution is -2.67. The van der Waals surface area contributed by atoms with E-state index in [1.165, 1.54) is 14.2 Å². The van der Waals surface area contributed by atoms with Crippen LogP contribution in [-0.4, -0.2) is 93.3 Å². The Hall–Kier alpha value is -3.27. The summed E-state index contributed by atoms with van der Waals surface area (Å²) in [4.78, 5) is 13.1. The Morgan fingerprint density at radius 1 is 0.816 bits per heavy atom. The van der Waals surface area contributed by atoms with E-state index in [-0.39, 0.29) is 19.8 Å². The summed E-state index contributed by atoms with van der Waals surface area (Å²) in [7, 11) is 2.70. The molecule has 0 aromatic heterocycles. The molecule has 6 rings (SSSR count). The van der Waals surface area contributed by atoms with Gasteiger partial charge in [-0.1, -0.05) is 91.0 Å². The van der Waals surface area contributed by atoms with Gasteiger partial charge in [0.05, 0.1) is 45.1 Å². The average molecular weight is 680 g/mol. The van der Waals surface area contributed by atoms with Crippen molar-refractivity contribution >= 4 is 5.97 Å². The number of hydrogen-bond donors (Lipinski definition) is 2. The normalized spacial score (nSPS) is 33.7. The zero-order valence-electron chi connectivity index (χ0n) is 27.8. The van der Waals surface area contributed by atoms with Gasteiger partial charge in [0.2, 0.25) is 0 Å². The van der Waals surface area contributed by atoms with Gasteiger partial charge in [-0.25, -0.2) is 0 Å². The van der Waals surface area contributed by atoms with Crippen molar-refractivity contribution in [3.05, 3.63) is 108 Å². The molecule has 0 amide bonds. The van der Waals surface area contributed by atoms with E-state index in [1.54, 1.807) is 0 Å². The van der Waals surface area contributed by atoms with Crippen molar-refractivity contribution in [3.63, 3.8) is 0 Å². The van der Waals surface area contributed by atoms with Gasteiger partial charge < -0.3 is 53.5 Å². The van der Waals surface area contributed by atoms with Gasteiger partial charge in [0.25, 0.3) is 0 Å². The SMILES string of the molecule is COC(=O)[C@@H](N)[C@@H]1[C@@H](O[C@@H]2[C@@H](O)[C@@H](OC)O[C@@H]3COC(c4ccccc4)O[C@@H]23)O[C@@H](C)[C@H](OCc2ccccc2)[C@H]1OCc1ccccc1. The van der Waals surface area contributed by atoms with Crippen molar-refractivity contribution in [1.29, 1.82) is 0 Å². The summed E-state index contributed by atoms with van der Waals surface area (Å²) < 4.78 is 55.3. The highest BCUT2D eigenvalue weighted by Crippen LogP contribution is 2.40. The maximum Gasteiger partial charge on any atom is 0.323 e. The van der Waals surface area contributed by atoms with E-state index in [9.17, 15) is 9.90 Å². The van der Waals surface area contributed by atoms with E-state index in [4.69, 9.17) is 48.4 Å². The highest BCUT2D eigenvalue weighted by Gasteiger charge is 2.56. The lowest BCUT2D eigenvalue weighted by atomic mass is 9.85. The van der Waals surface area contributed by atoms with Gasteiger partial charge >= 0.3 is 5.97 Å². The molecule has 3 heterocycles. The monoisotopic (exact) mass is 679 g/mol. The molecule has 3 aromatic rings. The first-order valence-electron chi connectivity index (χ1n) is 16.5. The van der Waals surface area contributed by atoms with Crippen LogP contribution < -0.4 is 5.73 Å². The first kappa shape index (κ1) is 35.6. The third-order valence-electron chi connectivity index (χ3n) is 9.19. The number of methoxy groups -OCH3 is 2. The quantitative estimate of drug-likeness (QED) is 0.271. The van der Waals surface area contributed by atoms with Crippen LogP contribution in [-0.2, 0) is 60.6 Å². The van der Waals surface area contributed by atoms with Gasteiger partial charge in [0.15, 0.2) is 18.9 Å². The number of nitrogens with two attached hydrogens (primary N) is 1. The molecule has 0 bridgehead atoms. The number of fused-ring (bicyclic) bond motifs is 1. The molecule has 12 atom stereocenters. The highest BCUT2D eigenvalue weighted by atomic mass is 16.8. The van der Waals surface area contributed by atoms with Crippen LogP contribution in [0.25, 0.3) is 0 Å². The first-order chi connectivity index (χ1) is 23.9.